The summed E-state index contributed by atoms with van der Waals surface area (Å²) in [6, 6.07) is 4.25. The van der Waals surface area contributed by atoms with Gasteiger partial charge in [-0.15, -0.1) is 0 Å². The highest BCUT2D eigenvalue weighted by atomic mass is 19.2. The number of nitrogens with zero attached hydrogens (tertiary/aromatic N) is 7. The first-order valence-corrected chi connectivity index (χ1v) is 11.2. The Morgan fingerprint density at radius 3 is 2.63 bits per heavy atom. The molecule has 5 rings (SSSR count). The van der Waals surface area contributed by atoms with Crippen molar-refractivity contribution in [1.29, 1.82) is 0 Å². The molecule has 1 fully saturated rings. The van der Waals surface area contributed by atoms with Crippen LogP contribution in [0.15, 0.2) is 24.4 Å². The minimum Gasteiger partial charge on any atom is -0.444 e. The van der Waals surface area contributed by atoms with Gasteiger partial charge in [-0.25, -0.2) is 18.6 Å². The Bertz CT molecular complexity index is 1390. The summed E-state index contributed by atoms with van der Waals surface area (Å²) in [6.07, 6.45) is 1.27. The van der Waals surface area contributed by atoms with Gasteiger partial charge in [0.05, 0.1) is 18.3 Å². The first kappa shape index (κ1) is 22.7. The molecular weight excluding hydrogens is 460 g/mol. The maximum Gasteiger partial charge on any atom is 0.410 e. The first-order chi connectivity index (χ1) is 16.7. The second kappa shape index (κ2) is 8.64. The van der Waals surface area contributed by atoms with Crippen molar-refractivity contribution in [2.75, 3.05) is 36.4 Å². The van der Waals surface area contributed by atoms with Crippen LogP contribution in [-0.4, -0.2) is 72.3 Å². The van der Waals surface area contributed by atoms with Crippen molar-refractivity contribution in [2.24, 2.45) is 0 Å². The van der Waals surface area contributed by atoms with Crippen molar-refractivity contribution in [2.45, 2.75) is 32.9 Å². The maximum atomic E-state index is 14.0. The van der Waals surface area contributed by atoms with E-state index in [0.717, 1.165) is 6.07 Å². The molecule has 0 unspecified atom stereocenters. The van der Waals surface area contributed by atoms with Gasteiger partial charge in [0.1, 0.15) is 16.9 Å². The molecule has 0 spiro atoms. The van der Waals surface area contributed by atoms with E-state index >= 15 is 0 Å². The topological polar surface area (TPSA) is 117 Å². The van der Waals surface area contributed by atoms with E-state index in [9.17, 15) is 13.6 Å². The van der Waals surface area contributed by atoms with Gasteiger partial charge in [-0.05, 0) is 32.9 Å². The molecule has 1 amide bonds. The highest BCUT2D eigenvalue weighted by Crippen LogP contribution is 2.20. The summed E-state index contributed by atoms with van der Waals surface area (Å²) in [5.74, 6) is -0.627. The van der Waals surface area contributed by atoms with Gasteiger partial charge in [-0.1, -0.05) is 0 Å². The summed E-state index contributed by atoms with van der Waals surface area (Å²) in [6.45, 7) is 7.72. The lowest BCUT2D eigenvalue weighted by Gasteiger charge is -2.35. The van der Waals surface area contributed by atoms with E-state index in [1.54, 1.807) is 21.7 Å². The van der Waals surface area contributed by atoms with Crippen molar-refractivity contribution in [3.05, 3.63) is 41.9 Å². The van der Waals surface area contributed by atoms with Crippen molar-refractivity contribution < 1.29 is 18.3 Å². The van der Waals surface area contributed by atoms with Crippen LogP contribution in [0.4, 0.5) is 25.5 Å². The summed E-state index contributed by atoms with van der Waals surface area (Å²) in [4.78, 5) is 32.3. The van der Waals surface area contributed by atoms with Crippen LogP contribution in [0.1, 0.15) is 26.6 Å². The number of aromatic nitrogens is 6. The Balaban J connectivity index is 1.32. The van der Waals surface area contributed by atoms with Gasteiger partial charge in [0.2, 0.25) is 11.9 Å². The fraction of sp³-hybridized carbons (Fsp3) is 0.409. The number of piperazine rings is 1. The van der Waals surface area contributed by atoms with Crippen LogP contribution in [0.5, 0.6) is 0 Å². The van der Waals surface area contributed by atoms with Crippen LogP contribution in [0.2, 0.25) is 0 Å². The Morgan fingerprint density at radius 1 is 1.11 bits per heavy atom. The van der Waals surface area contributed by atoms with Gasteiger partial charge in [0.25, 0.3) is 0 Å². The molecule has 3 aromatic heterocycles. The number of ether oxygens (including phenoxy) is 1. The average Bonchev–Trinajstić information content (AvgIpc) is 3.46. The van der Waals surface area contributed by atoms with Crippen molar-refractivity contribution in [3.63, 3.8) is 0 Å². The fourth-order valence-electron chi connectivity index (χ4n) is 3.80. The van der Waals surface area contributed by atoms with E-state index in [0.29, 0.717) is 55.1 Å². The highest BCUT2D eigenvalue weighted by molar-refractivity contribution is 5.75. The number of nitrogens with one attached hydrogen (secondary N) is 2. The van der Waals surface area contributed by atoms with E-state index in [1.165, 1.54) is 6.07 Å². The first-order valence-electron chi connectivity index (χ1n) is 11.2. The second-order valence-electron chi connectivity index (χ2n) is 9.20. The van der Waals surface area contributed by atoms with Crippen LogP contribution in [0.25, 0.3) is 16.7 Å². The number of fused-ring (bicyclic) bond motifs is 2. The molecule has 1 aliphatic heterocycles. The molecule has 4 aromatic rings. The lowest BCUT2D eigenvalue weighted by molar-refractivity contribution is 0.0240. The summed E-state index contributed by atoms with van der Waals surface area (Å²) in [7, 11) is 0. The van der Waals surface area contributed by atoms with E-state index in [-0.39, 0.29) is 18.2 Å². The Kier molecular flexibility index (Phi) is 5.61. The summed E-state index contributed by atoms with van der Waals surface area (Å²) in [5, 5.41) is 7.40. The normalized spacial score (nSPS) is 14.7. The number of anilines is 2. The molecule has 0 aliphatic carbocycles. The number of amides is 1. The molecule has 0 bridgehead atoms. The quantitative estimate of drug-likeness (QED) is 0.453. The van der Waals surface area contributed by atoms with Crippen molar-refractivity contribution >= 4 is 34.7 Å². The Labute approximate surface area is 199 Å². The molecule has 184 valence electrons. The van der Waals surface area contributed by atoms with Crippen LogP contribution < -0.4 is 10.2 Å². The Morgan fingerprint density at radius 2 is 1.89 bits per heavy atom. The third-order valence-corrected chi connectivity index (χ3v) is 5.47. The Hall–Kier alpha value is -4.03. The second-order valence-corrected chi connectivity index (χ2v) is 9.20. The van der Waals surface area contributed by atoms with Gasteiger partial charge in [-0.2, -0.15) is 19.6 Å². The van der Waals surface area contributed by atoms with Crippen molar-refractivity contribution in [3.8, 4) is 0 Å². The van der Waals surface area contributed by atoms with E-state index in [2.05, 4.69) is 30.4 Å². The molecule has 1 aliphatic rings. The molecule has 2 N–H and O–H groups in total. The minimum atomic E-state index is -0.991. The number of rotatable bonds is 4. The number of imidazole rings is 1. The van der Waals surface area contributed by atoms with Gasteiger partial charge < -0.3 is 24.8 Å². The van der Waals surface area contributed by atoms with Crippen molar-refractivity contribution in [1.82, 2.24) is 34.4 Å². The SMILES string of the molecule is CC(C)(C)OC(=O)N1CCN(c2nc(NCc3nc4c(F)c(F)ccc4[nH]3)n3nccc3n2)CC1. The zero-order valence-electron chi connectivity index (χ0n) is 19.5. The van der Waals surface area contributed by atoms with E-state index < -0.39 is 17.2 Å². The molecule has 11 nitrogen and oxygen atoms in total. The summed E-state index contributed by atoms with van der Waals surface area (Å²) >= 11 is 0. The fourth-order valence-corrected chi connectivity index (χ4v) is 3.80. The third-order valence-electron chi connectivity index (χ3n) is 5.47. The predicted octanol–water partition coefficient (Wildman–Crippen LogP) is 2.95. The van der Waals surface area contributed by atoms with Gasteiger partial charge in [-0.3, -0.25) is 0 Å². The lowest BCUT2D eigenvalue weighted by Crippen LogP contribution is -2.50. The zero-order chi connectivity index (χ0) is 24.7. The molecule has 13 heteroatoms. The molecule has 1 aromatic carbocycles. The number of halogens is 2. The van der Waals surface area contributed by atoms with E-state index in [4.69, 9.17) is 4.74 Å². The smallest absolute Gasteiger partial charge is 0.410 e. The molecule has 0 atom stereocenters. The van der Waals surface area contributed by atoms with Crippen LogP contribution in [0.3, 0.4) is 0 Å². The number of carbonyl (C=O) groups is 1. The molecule has 1 saturated heterocycles. The third kappa shape index (κ3) is 4.66. The van der Waals surface area contributed by atoms with E-state index in [1.807, 2.05) is 25.7 Å². The number of hydrogen-bond acceptors (Lipinski definition) is 8. The highest BCUT2D eigenvalue weighted by Gasteiger charge is 2.27. The summed E-state index contributed by atoms with van der Waals surface area (Å²) < 4.78 is 34.5. The number of benzene rings is 1. The average molecular weight is 485 g/mol. The molecule has 0 saturated carbocycles. The molecule has 0 radical (unpaired) electrons. The summed E-state index contributed by atoms with van der Waals surface area (Å²) in [5.41, 5.74) is 0.378. The van der Waals surface area contributed by atoms with Crippen LogP contribution in [-0.2, 0) is 11.3 Å². The predicted molar refractivity (Wildman–Crippen MR) is 124 cm³/mol. The van der Waals surface area contributed by atoms with Crippen LogP contribution >= 0.6 is 0 Å². The largest absolute Gasteiger partial charge is 0.444 e. The van der Waals surface area contributed by atoms with Gasteiger partial charge in [0.15, 0.2) is 17.3 Å². The standard InChI is InChI=1S/C22H25F2N9O2/c1-22(2,3)35-21(34)32-10-8-31(9-11-32)20-29-16-6-7-26-33(16)19(30-20)25-12-15-27-14-5-4-13(23)17(24)18(14)28-15/h4-7H,8-12H2,1-3H3,(H,27,28)(H,25,29,30). The zero-order valence-corrected chi connectivity index (χ0v) is 19.5. The number of aromatic amines is 1. The van der Waals surface area contributed by atoms with Gasteiger partial charge >= 0.3 is 6.09 Å². The maximum absolute atomic E-state index is 14.0. The number of H-pyrrole nitrogens is 1. The van der Waals surface area contributed by atoms with Crippen LogP contribution in [0, 0.1) is 11.6 Å². The minimum absolute atomic E-state index is 0.0581. The number of carbonyl (C=O) groups excluding carboxylic acids is 1. The lowest BCUT2D eigenvalue weighted by atomic mass is 10.2. The molecule has 35 heavy (non-hydrogen) atoms. The monoisotopic (exact) mass is 485 g/mol. The number of hydrogen-bond donors (Lipinski definition) is 2. The van der Waals surface area contributed by atoms with Gasteiger partial charge in [0, 0.05) is 32.2 Å². The molecule has 4 heterocycles. The molecular formula is C22H25F2N9O2.